The Balaban J connectivity index is 1.29. The summed E-state index contributed by atoms with van der Waals surface area (Å²) in [6.45, 7) is 4.32. The van der Waals surface area contributed by atoms with Gasteiger partial charge < -0.3 is 5.32 Å². The predicted octanol–water partition coefficient (Wildman–Crippen LogP) is 2.32. The van der Waals surface area contributed by atoms with Gasteiger partial charge >= 0.3 is 0 Å². The minimum atomic E-state index is 0.130. The van der Waals surface area contributed by atoms with Crippen LogP contribution in [0.15, 0.2) is 42.7 Å². The lowest BCUT2D eigenvalue weighted by atomic mass is 10.0. The predicted molar refractivity (Wildman–Crippen MR) is 92.5 cm³/mol. The molecule has 2 heterocycles. The van der Waals surface area contributed by atoms with Crippen molar-refractivity contribution in [2.45, 2.75) is 31.8 Å². The van der Waals surface area contributed by atoms with Gasteiger partial charge in [0, 0.05) is 19.3 Å². The molecule has 1 aliphatic heterocycles. The van der Waals surface area contributed by atoms with E-state index < -0.39 is 0 Å². The number of hydrogen-bond acceptors (Lipinski definition) is 3. The van der Waals surface area contributed by atoms with Crippen LogP contribution in [0.3, 0.4) is 0 Å². The summed E-state index contributed by atoms with van der Waals surface area (Å²) in [5.41, 5.74) is 2.41. The molecule has 5 nitrogen and oxygen atoms in total. The first-order chi connectivity index (χ1) is 11.7. The zero-order valence-corrected chi connectivity index (χ0v) is 14.1. The van der Waals surface area contributed by atoms with Crippen LogP contribution < -0.4 is 5.32 Å². The SMILES string of the molecule is Cc1cnn(C2CN(CC(=O)N[C@H](c3ccccc3)C3CC3)C2)c1. The molecule has 1 amide bonds. The Morgan fingerprint density at radius 3 is 2.67 bits per heavy atom. The monoisotopic (exact) mass is 324 g/mol. The summed E-state index contributed by atoms with van der Waals surface area (Å²) in [6.07, 6.45) is 6.38. The lowest BCUT2D eigenvalue weighted by molar-refractivity contribution is -0.124. The normalized spacial score (nSPS) is 19.7. The third-order valence-electron chi connectivity index (χ3n) is 4.98. The van der Waals surface area contributed by atoms with Gasteiger partial charge in [0.1, 0.15) is 0 Å². The highest BCUT2D eigenvalue weighted by molar-refractivity contribution is 5.78. The largest absolute Gasteiger partial charge is 0.348 e. The molecule has 2 aliphatic rings. The quantitative estimate of drug-likeness (QED) is 0.887. The molecule has 2 fully saturated rings. The van der Waals surface area contributed by atoms with E-state index in [1.165, 1.54) is 24.0 Å². The second kappa shape index (κ2) is 6.40. The van der Waals surface area contributed by atoms with Crippen molar-refractivity contribution in [3.8, 4) is 0 Å². The Labute approximate surface area is 142 Å². The molecule has 1 N–H and O–H groups in total. The number of likely N-dealkylation sites (tertiary alicyclic amines) is 1. The van der Waals surface area contributed by atoms with Crippen LogP contribution in [-0.2, 0) is 4.79 Å². The number of carbonyl (C=O) groups excluding carboxylic acids is 1. The molecule has 1 aromatic carbocycles. The summed E-state index contributed by atoms with van der Waals surface area (Å²) in [4.78, 5) is 14.6. The molecule has 126 valence electrons. The van der Waals surface area contributed by atoms with Crippen LogP contribution in [0.25, 0.3) is 0 Å². The minimum absolute atomic E-state index is 0.130. The maximum atomic E-state index is 12.4. The standard InChI is InChI=1S/C19H24N4O/c1-14-9-20-23(10-14)17-11-22(12-17)13-18(24)21-19(16-7-8-16)15-5-3-2-4-6-15/h2-6,9-10,16-17,19H,7-8,11-13H2,1H3,(H,21,24)/t19-/m1/s1. The molecular formula is C19H24N4O. The summed E-state index contributed by atoms with van der Waals surface area (Å²) in [5.74, 6) is 0.735. The Kier molecular flexibility index (Phi) is 4.10. The van der Waals surface area contributed by atoms with E-state index in [2.05, 4.69) is 40.6 Å². The minimum Gasteiger partial charge on any atom is -0.348 e. The number of aryl methyl sites for hydroxylation is 1. The molecule has 1 atom stereocenters. The van der Waals surface area contributed by atoms with Crippen LogP contribution in [0.1, 0.15) is 36.1 Å². The van der Waals surface area contributed by atoms with Crippen molar-refractivity contribution in [2.75, 3.05) is 19.6 Å². The van der Waals surface area contributed by atoms with E-state index in [1.54, 1.807) is 0 Å². The Morgan fingerprint density at radius 1 is 1.29 bits per heavy atom. The molecule has 0 unspecified atom stereocenters. The van der Waals surface area contributed by atoms with Crippen molar-refractivity contribution in [2.24, 2.45) is 5.92 Å². The van der Waals surface area contributed by atoms with Crippen LogP contribution in [0.5, 0.6) is 0 Å². The van der Waals surface area contributed by atoms with Gasteiger partial charge in [-0.05, 0) is 36.8 Å². The number of hydrogen-bond donors (Lipinski definition) is 1. The second-order valence-corrected chi connectivity index (χ2v) is 7.14. The van der Waals surface area contributed by atoms with E-state index in [4.69, 9.17) is 0 Å². The van der Waals surface area contributed by atoms with Gasteiger partial charge in [-0.25, -0.2) is 0 Å². The summed E-state index contributed by atoms with van der Waals surface area (Å²) >= 11 is 0. The topological polar surface area (TPSA) is 50.2 Å². The van der Waals surface area contributed by atoms with Crippen molar-refractivity contribution in [3.05, 3.63) is 53.9 Å². The molecule has 1 saturated carbocycles. The zero-order valence-electron chi connectivity index (χ0n) is 14.1. The Hall–Kier alpha value is -2.14. The van der Waals surface area contributed by atoms with E-state index in [9.17, 15) is 4.79 Å². The number of nitrogens with one attached hydrogen (secondary N) is 1. The van der Waals surface area contributed by atoms with Gasteiger partial charge in [0.25, 0.3) is 0 Å². The number of benzene rings is 1. The van der Waals surface area contributed by atoms with Crippen LogP contribution in [0, 0.1) is 12.8 Å². The van der Waals surface area contributed by atoms with E-state index in [0.717, 1.165) is 13.1 Å². The molecule has 4 rings (SSSR count). The molecule has 5 heteroatoms. The molecule has 2 aromatic rings. The average molecular weight is 324 g/mol. The molecule has 1 aromatic heterocycles. The van der Waals surface area contributed by atoms with Crippen molar-refractivity contribution in [1.29, 1.82) is 0 Å². The van der Waals surface area contributed by atoms with Crippen LogP contribution in [0.2, 0.25) is 0 Å². The average Bonchev–Trinajstić information content (AvgIpc) is 3.30. The van der Waals surface area contributed by atoms with Crippen LogP contribution >= 0.6 is 0 Å². The second-order valence-electron chi connectivity index (χ2n) is 7.14. The number of rotatable bonds is 6. The molecule has 1 aliphatic carbocycles. The lowest BCUT2D eigenvalue weighted by Gasteiger charge is -2.38. The molecule has 24 heavy (non-hydrogen) atoms. The highest BCUT2D eigenvalue weighted by Gasteiger charge is 2.35. The first-order valence-electron chi connectivity index (χ1n) is 8.76. The Bertz CT molecular complexity index is 701. The molecule has 0 spiro atoms. The van der Waals surface area contributed by atoms with Gasteiger partial charge in [0.05, 0.1) is 24.8 Å². The third-order valence-corrected chi connectivity index (χ3v) is 4.98. The van der Waals surface area contributed by atoms with E-state index in [0.29, 0.717) is 18.5 Å². The van der Waals surface area contributed by atoms with Crippen LogP contribution in [0.4, 0.5) is 0 Å². The summed E-state index contributed by atoms with van der Waals surface area (Å²) in [7, 11) is 0. The van der Waals surface area contributed by atoms with Gasteiger partial charge in [0.15, 0.2) is 0 Å². The zero-order chi connectivity index (χ0) is 16.5. The highest BCUT2D eigenvalue weighted by atomic mass is 16.2. The van der Waals surface area contributed by atoms with Gasteiger partial charge in [-0.15, -0.1) is 0 Å². The maximum Gasteiger partial charge on any atom is 0.234 e. The van der Waals surface area contributed by atoms with Gasteiger partial charge in [-0.2, -0.15) is 5.10 Å². The fourth-order valence-electron chi connectivity index (χ4n) is 3.46. The van der Waals surface area contributed by atoms with Gasteiger partial charge in [-0.1, -0.05) is 30.3 Å². The van der Waals surface area contributed by atoms with Crippen molar-refractivity contribution in [3.63, 3.8) is 0 Å². The highest BCUT2D eigenvalue weighted by Crippen LogP contribution is 2.40. The first-order valence-corrected chi connectivity index (χ1v) is 8.76. The van der Waals surface area contributed by atoms with Gasteiger partial charge in [-0.3, -0.25) is 14.4 Å². The van der Waals surface area contributed by atoms with Crippen molar-refractivity contribution in [1.82, 2.24) is 20.0 Å². The molecule has 0 bridgehead atoms. The van der Waals surface area contributed by atoms with Crippen molar-refractivity contribution >= 4 is 5.91 Å². The fraction of sp³-hybridized carbons (Fsp3) is 0.474. The number of nitrogens with zero attached hydrogens (tertiary/aromatic N) is 3. The van der Waals surface area contributed by atoms with Gasteiger partial charge in [0.2, 0.25) is 5.91 Å². The fourth-order valence-corrected chi connectivity index (χ4v) is 3.46. The van der Waals surface area contributed by atoms with Crippen molar-refractivity contribution < 1.29 is 4.79 Å². The maximum absolute atomic E-state index is 12.4. The molecular weight excluding hydrogens is 300 g/mol. The summed E-state index contributed by atoms with van der Waals surface area (Å²) < 4.78 is 2.01. The number of carbonyl (C=O) groups is 1. The number of aromatic nitrogens is 2. The number of amides is 1. The smallest absolute Gasteiger partial charge is 0.234 e. The molecule has 0 radical (unpaired) electrons. The Morgan fingerprint density at radius 2 is 2.04 bits per heavy atom. The summed E-state index contributed by atoms with van der Waals surface area (Å²) in [6, 6.07) is 10.9. The summed E-state index contributed by atoms with van der Waals surface area (Å²) in [5, 5.41) is 7.61. The van der Waals surface area contributed by atoms with E-state index >= 15 is 0 Å². The van der Waals surface area contributed by atoms with E-state index in [1.807, 2.05) is 29.1 Å². The first kappa shape index (κ1) is 15.4. The molecule has 1 saturated heterocycles. The van der Waals surface area contributed by atoms with Crippen LogP contribution in [-0.4, -0.2) is 40.2 Å². The lowest BCUT2D eigenvalue weighted by Crippen LogP contribution is -2.52. The third kappa shape index (κ3) is 3.36. The van der Waals surface area contributed by atoms with E-state index in [-0.39, 0.29) is 11.9 Å².